The normalized spacial score (nSPS) is 30.4. The van der Waals surface area contributed by atoms with E-state index in [9.17, 15) is 4.39 Å². The summed E-state index contributed by atoms with van der Waals surface area (Å²) in [5.74, 6) is 1.83. The number of hydrogen-bond acceptors (Lipinski definition) is 2. The van der Waals surface area contributed by atoms with E-state index < -0.39 is 5.83 Å². The van der Waals surface area contributed by atoms with Gasteiger partial charge >= 0.3 is 0 Å². The Balaban J connectivity index is 1.53. The number of halogens is 1. The van der Waals surface area contributed by atoms with Crippen molar-refractivity contribution in [1.82, 2.24) is 0 Å². The van der Waals surface area contributed by atoms with Gasteiger partial charge in [-0.25, -0.2) is 0 Å². The molecule has 2 rings (SSSR count). The predicted octanol–water partition coefficient (Wildman–Crippen LogP) is 6.88. The van der Waals surface area contributed by atoms with Crippen molar-refractivity contribution in [1.29, 1.82) is 5.26 Å². The number of nitrogens with zero attached hydrogens (tertiary/aromatic N) is 1. The van der Waals surface area contributed by atoms with E-state index in [1.165, 1.54) is 76.4 Å². The molecular weight excluding hydrogens is 325 g/mol. The van der Waals surface area contributed by atoms with Gasteiger partial charge in [0, 0.05) is 6.61 Å². The Morgan fingerprint density at radius 3 is 2.27 bits per heavy atom. The van der Waals surface area contributed by atoms with Crippen LogP contribution in [0.5, 0.6) is 0 Å². The second-order valence-electron chi connectivity index (χ2n) is 8.28. The molecule has 2 nitrogen and oxygen atoms in total. The van der Waals surface area contributed by atoms with E-state index in [0.717, 1.165) is 37.2 Å². The Labute approximate surface area is 159 Å². The topological polar surface area (TPSA) is 33.0 Å². The van der Waals surface area contributed by atoms with Crippen LogP contribution < -0.4 is 0 Å². The molecule has 0 radical (unpaired) electrons. The lowest BCUT2D eigenvalue weighted by atomic mass is 9.80. The van der Waals surface area contributed by atoms with E-state index in [0.29, 0.717) is 6.10 Å². The molecule has 0 aromatic carbocycles. The van der Waals surface area contributed by atoms with E-state index in [-0.39, 0.29) is 0 Å². The molecule has 0 atom stereocenters. The molecule has 0 bridgehead atoms. The SMILES string of the molecule is CCC[C@H]1CC[C@H](CO[C@H]2CC[C@H](CC/C=C/C=C(\F)C#N)CC2)CC1. The van der Waals surface area contributed by atoms with Gasteiger partial charge in [0.1, 0.15) is 6.07 Å². The summed E-state index contributed by atoms with van der Waals surface area (Å²) in [5.41, 5.74) is 0. The number of hydrogen-bond donors (Lipinski definition) is 0. The average Bonchev–Trinajstić information content (AvgIpc) is 2.68. The highest BCUT2D eigenvalue weighted by molar-refractivity contribution is 5.18. The Morgan fingerprint density at radius 1 is 1.00 bits per heavy atom. The first kappa shape index (κ1) is 21.2. The smallest absolute Gasteiger partial charge is 0.199 e. The number of rotatable bonds is 9. The van der Waals surface area contributed by atoms with Gasteiger partial charge in [-0.1, -0.05) is 44.8 Å². The summed E-state index contributed by atoms with van der Waals surface area (Å²) < 4.78 is 18.9. The first-order valence-electron chi connectivity index (χ1n) is 10.7. The zero-order valence-corrected chi connectivity index (χ0v) is 16.5. The minimum absolute atomic E-state index is 0.475. The molecule has 2 aliphatic rings. The highest BCUT2D eigenvalue weighted by Gasteiger charge is 2.24. The van der Waals surface area contributed by atoms with Crippen LogP contribution in [0.25, 0.3) is 0 Å². The van der Waals surface area contributed by atoms with E-state index in [4.69, 9.17) is 10.00 Å². The van der Waals surface area contributed by atoms with Gasteiger partial charge in [-0.2, -0.15) is 9.65 Å². The third-order valence-electron chi connectivity index (χ3n) is 6.25. The van der Waals surface area contributed by atoms with Crippen LogP contribution in [0.15, 0.2) is 24.1 Å². The average molecular weight is 362 g/mol. The monoisotopic (exact) mass is 361 g/mol. The van der Waals surface area contributed by atoms with Gasteiger partial charge in [0.05, 0.1) is 6.10 Å². The van der Waals surface area contributed by atoms with Crippen molar-refractivity contribution in [3.63, 3.8) is 0 Å². The summed E-state index contributed by atoms with van der Waals surface area (Å²) in [6.45, 7) is 3.28. The highest BCUT2D eigenvalue weighted by atomic mass is 19.1. The van der Waals surface area contributed by atoms with Gasteiger partial charge in [-0.05, 0) is 75.2 Å². The molecule has 0 heterocycles. The lowest BCUT2D eigenvalue weighted by molar-refractivity contribution is -0.0101. The van der Waals surface area contributed by atoms with Gasteiger partial charge in [0.15, 0.2) is 5.83 Å². The molecule has 0 amide bonds. The molecule has 26 heavy (non-hydrogen) atoms. The van der Waals surface area contributed by atoms with Crippen molar-refractivity contribution in [2.24, 2.45) is 17.8 Å². The zero-order valence-electron chi connectivity index (χ0n) is 16.5. The van der Waals surface area contributed by atoms with Gasteiger partial charge in [0.2, 0.25) is 0 Å². The van der Waals surface area contributed by atoms with Crippen LogP contribution in [0.2, 0.25) is 0 Å². The number of allylic oxidation sites excluding steroid dienone is 4. The standard InChI is InChI=1S/C23H36FNO/c1-2-6-19-9-11-21(12-10-19)18-26-23-15-13-20(14-16-23)7-4-3-5-8-22(24)17-25/h3,5,8,19-21,23H,2,4,6-7,9-16,18H2,1H3/b5-3+,22-8-/t19-,20-,21-,23-. The fourth-order valence-corrected chi connectivity index (χ4v) is 4.57. The predicted molar refractivity (Wildman–Crippen MR) is 105 cm³/mol. The summed E-state index contributed by atoms with van der Waals surface area (Å²) in [7, 11) is 0. The lowest BCUT2D eigenvalue weighted by Crippen LogP contribution is -2.26. The third kappa shape index (κ3) is 8.04. The van der Waals surface area contributed by atoms with Crippen molar-refractivity contribution in [2.45, 2.75) is 90.1 Å². The molecule has 0 aromatic heterocycles. The fourth-order valence-electron chi connectivity index (χ4n) is 4.57. The Morgan fingerprint density at radius 2 is 1.62 bits per heavy atom. The Hall–Kier alpha value is -1.14. The van der Waals surface area contributed by atoms with E-state index in [1.54, 1.807) is 6.08 Å². The largest absolute Gasteiger partial charge is 0.378 e. The molecule has 0 aromatic rings. The molecule has 0 saturated heterocycles. The summed E-state index contributed by atoms with van der Waals surface area (Å²) in [4.78, 5) is 0. The zero-order chi connectivity index (χ0) is 18.6. The molecule has 146 valence electrons. The maximum Gasteiger partial charge on any atom is 0.199 e. The van der Waals surface area contributed by atoms with Crippen molar-refractivity contribution < 1.29 is 9.13 Å². The van der Waals surface area contributed by atoms with Crippen LogP contribution in [-0.4, -0.2) is 12.7 Å². The maximum atomic E-state index is 12.7. The van der Waals surface area contributed by atoms with Gasteiger partial charge < -0.3 is 4.74 Å². The molecule has 2 aliphatic carbocycles. The molecule has 0 spiro atoms. The van der Waals surface area contributed by atoms with Gasteiger partial charge in [-0.3, -0.25) is 0 Å². The van der Waals surface area contributed by atoms with Crippen molar-refractivity contribution in [3.8, 4) is 6.07 Å². The second-order valence-corrected chi connectivity index (χ2v) is 8.28. The molecule has 2 saturated carbocycles. The maximum absolute atomic E-state index is 12.7. The molecular formula is C23H36FNO. The minimum Gasteiger partial charge on any atom is -0.378 e. The van der Waals surface area contributed by atoms with Crippen LogP contribution in [0, 0.1) is 29.1 Å². The first-order valence-corrected chi connectivity index (χ1v) is 10.7. The summed E-state index contributed by atoms with van der Waals surface area (Å²) in [5, 5.41) is 8.34. The first-order chi connectivity index (χ1) is 12.7. The summed E-state index contributed by atoms with van der Waals surface area (Å²) in [6, 6.07) is 1.48. The van der Waals surface area contributed by atoms with E-state index >= 15 is 0 Å². The van der Waals surface area contributed by atoms with Gasteiger partial charge in [0.25, 0.3) is 0 Å². The molecule has 2 fully saturated rings. The van der Waals surface area contributed by atoms with Crippen molar-refractivity contribution in [2.75, 3.05) is 6.61 Å². The van der Waals surface area contributed by atoms with Crippen LogP contribution in [0.1, 0.15) is 84.0 Å². The van der Waals surface area contributed by atoms with E-state index in [2.05, 4.69) is 6.92 Å². The second kappa shape index (κ2) is 12.3. The van der Waals surface area contributed by atoms with Crippen molar-refractivity contribution >= 4 is 0 Å². The van der Waals surface area contributed by atoms with Crippen LogP contribution in [0.4, 0.5) is 4.39 Å². The third-order valence-corrected chi connectivity index (χ3v) is 6.25. The van der Waals surface area contributed by atoms with Crippen LogP contribution in [0.3, 0.4) is 0 Å². The minimum atomic E-state index is -0.724. The molecule has 3 heteroatoms. The number of nitriles is 1. The lowest BCUT2D eigenvalue weighted by Gasteiger charge is -2.32. The summed E-state index contributed by atoms with van der Waals surface area (Å²) >= 11 is 0. The number of ether oxygens (including phenoxy) is 1. The Kier molecular flexibility index (Phi) is 10.00. The fraction of sp³-hybridized carbons (Fsp3) is 0.783. The molecule has 0 unspecified atom stereocenters. The highest BCUT2D eigenvalue weighted by Crippen LogP contribution is 2.33. The van der Waals surface area contributed by atoms with Crippen LogP contribution >= 0.6 is 0 Å². The summed E-state index contributed by atoms with van der Waals surface area (Å²) in [6.07, 6.45) is 20.7. The Bertz CT molecular complexity index is 477. The molecule has 0 N–H and O–H groups in total. The van der Waals surface area contributed by atoms with Crippen molar-refractivity contribution in [3.05, 3.63) is 24.1 Å². The van der Waals surface area contributed by atoms with Gasteiger partial charge in [-0.15, -0.1) is 0 Å². The quantitative estimate of drug-likeness (QED) is 0.331. The van der Waals surface area contributed by atoms with Crippen LogP contribution in [-0.2, 0) is 4.74 Å². The van der Waals surface area contributed by atoms with E-state index in [1.807, 2.05) is 6.08 Å². The molecule has 0 aliphatic heterocycles.